The summed E-state index contributed by atoms with van der Waals surface area (Å²) in [7, 11) is 0. The molecular formula is C14H17N. The monoisotopic (exact) mass is 199 g/mol. The van der Waals surface area contributed by atoms with E-state index < -0.39 is 0 Å². The zero-order valence-electron chi connectivity index (χ0n) is 9.67. The molecule has 1 aromatic carbocycles. The van der Waals surface area contributed by atoms with Crippen LogP contribution in [0.3, 0.4) is 0 Å². The molecule has 0 aromatic heterocycles. The van der Waals surface area contributed by atoms with Gasteiger partial charge in [-0.25, -0.2) is 0 Å². The molecule has 15 heavy (non-hydrogen) atoms. The summed E-state index contributed by atoms with van der Waals surface area (Å²) in [6.07, 6.45) is 1.85. The molecule has 1 nitrogen and oxygen atoms in total. The van der Waals surface area contributed by atoms with E-state index in [1.54, 1.807) is 0 Å². The number of nitrogens with zero attached hydrogens (tertiary/aromatic N) is 1. The molecule has 0 atom stereocenters. The van der Waals surface area contributed by atoms with Gasteiger partial charge in [-0.3, -0.25) is 4.99 Å². The van der Waals surface area contributed by atoms with Crippen LogP contribution in [-0.4, -0.2) is 6.21 Å². The van der Waals surface area contributed by atoms with Crippen LogP contribution in [0.15, 0.2) is 42.0 Å². The standard InChI is InChI=1S/C14H17N/c1-10(2)13-6-7-14(12(5)8-13)9-15-11(3)4/h6-9H,1,3H2,2,4-5H3. The Hall–Kier alpha value is -1.63. The summed E-state index contributed by atoms with van der Waals surface area (Å²) >= 11 is 0. The fraction of sp³-hybridized carbons (Fsp3) is 0.214. The van der Waals surface area contributed by atoms with Gasteiger partial charge in [0, 0.05) is 11.9 Å². The van der Waals surface area contributed by atoms with Crippen LogP contribution in [0.5, 0.6) is 0 Å². The molecule has 0 unspecified atom stereocenters. The molecule has 1 aromatic rings. The van der Waals surface area contributed by atoms with Gasteiger partial charge in [0.05, 0.1) is 0 Å². The lowest BCUT2D eigenvalue weighted by Crippen LogP contribution is -1.89. The first-order valence-electron chi connectivity index (χ1n) is 4.97. The van der Waals surface area contributed by atoms with Gasteiger partial charge in [-0.1, -0.05) is 36.9 Å². The molecule has 0 amide bonds. The van der Waals surface area contributed by atoms with Gasteiger partial charge in [-0.15, -0.1) is 0 Å². The van der Waals surface area contributed by atoms with Crippen LogP contribution in [0.25, 0.3) is 5.57 Å². The van der Waals surface area contributed by atoms with Gasteiger partial charge < -0.3 is 0 Å². The number of aliphatic imine (C=N–C) groups is 1. The van der Waals surface area contributed by atoms with Crippen molar-refractivity contribution in [3.63, 3.8) is 0 Å². The predicted octanol–water partition coefficient (Wildman–Crippen LogP) is 3.98. The molecule has 0 aliphatic heterocycles. The largest absolute Gasteiger partial charge is 0.262 e. The molecule has 1 rings (SSSR count). The minimum absolute atomic E-state index is 0.818. The molecule has 78 valence electrons. The first kappa shape index (κ1) is 11.4. The predicted molar refractivity (Wildman–Crippen MR) is 68.3 cm³/mol. The zero-order chi connectivity index (χ0) is 11.4. The van der Waals surface area contributed by atoms with Gasteiger partial charge in [0.15, 0.2) is 0 Å². The van der Waals surface area contributed by atoms with Gasteiger partial charge in [0.1, 0.15) is 0 Å². The van der Waals surface area contributed by atoms with E-state index in [2.05, 4.69) is 43.3 Å². The van der Waals surface area contributed by atoms with Crippen LogP contribution in [0.4, 0.5) is 0 Å². The Morgan fingerprint density at radius 2 is 1.93 bits per heavy atom. The molecular weight excluding hydrogens is 182 g/mol. The number of hydrogen-bond acceptors (Lipinski definition) is 1. The number of benzene rings is 1. The Balaban J connectivity index is 3.03. The first-order valence-corrected chi connectivity index (χ1v) is 4.97. The molecule has 0 fully saturated rings. The van der Waals surface area contributed by atoms with Gasteiger partial charge in [-0.2, -0.15) is 0 Å². The van der Waals surface area contributed by atoms with E-state index in [1.165, 1.54) is 11.1 Å². The third-order valence-electron chi connectivity index (χ3n) is 2.19. The molecule has 0 heterocycles. The Morgan fingerprint density at radius 1 is 1.27 bits per heavy atom. The van der Waals surface area contributed by atoms with E-state index in [9.17, 15) is 0 Å². The second kappa shape index (κ2) is 4.74. The Morgan fingerprint density at radius 3 is 2.40 bits per heavy atom. The van der Waals surface area contributed by atoms with Crippen molar-refractivity contribution >= 4 is 11.8 Å². The molecule has 0 saturated carbocycles. The van der Waals surface area contributed by atoms with Gasteiger partial charge in [-0.05, 0) is 37.5 Å². The topological polar surface area (TPSA) is 12.4 Å². The number of allylic oxidation sites excluding steroid dienone is 2. The van der Waals surface area contributed by atoms with Crippen molar-refractivity contribution in [3.05, 3.63) is 53.7 Å². The van der Waals surface area contributed by atoms with Crippen molar-refractivity contribution in [3.8, 4) is 0 Å². The van der Waals surface area contributed by atoms with Crippen molar-refractivity contribution < 1.29 is 0 Å². The summed E-state index contributed by atoms with van der Waals surface area (Å²) in [6, 6.07) is 6.25. The Kier molecular flexibility index (Phi) is 3.62. The number of hydrogen-bond donors (Lipinski definition) is 0. The second-order valence-corrected chi connectivity index (χ2v) is 3.85. The van der Waals surface area contributed by atoms with Crippen molar-refractivity contribution in [2.24, 2.45) is 4.99 Å². The van der Waals surface area contributed by atoms with Crippen molar-refractivity contribution in [2.45, 2.75) is 20.8 Å². The average molecular weight is 199 g/mol. The Labute approximate surface area is 91.9 Å². The van der Waals surface area contributed by atoms with Crippen LogP contribution in [0.2, 0.25) is 0 Å². The summed E-state index contributed by atoms with van der Waals surface area (Å²) in [5, 5.41) is 0. The van der Waals surface area contributed by atoms with Crippen LogP contribution >= 0.6 is 0 Å². The normalized spacial score (nSPS) is 10.6. The highest BCUT2D eigenvalue weighted by Crippen LogP contribution is 2.15. The van der Waals surface area contributed by atoms with Gasteiger partial charge in [0.25, 0.3) is 0 Å². The van der Waals surface area contributed by atoms with Crippen molar-refractivity contribution in [2.75, 3.05) is 0 Å². The summed E-state index contributed by atoms with van der Waals surface area (Å²) in [4.78, 5) is 4.19. The maximum Gasteiger partial charge on any atom is 0.0345 e. The summed E-state index contributed by atoms with van der Waals surface area (Å²) in [5.74, 6) is 0. The fourth-order valence-electron chi connectivity index (χ4n) is 1.27. The number of aryl methyl sites for hydroxylation is 1. The molecule has 0 spiro atoms. The second-order valence-electron chi connectivity index (χ2n) is 3.85. The lowest BCUT2D eigenvalue weighted by atomic mass is 10.0. The lowest BCUT2D eigenvalue weighted by molar-refractivity contribution is 1.33. The third-order valence-corrected chi connectivity index (χ3v) is 2.19. The van der Waals surface area contributed by atoms with E-state index in [1.807, 2.05) is 20.1 Å². The minimum atomic E-state index is 0.818. The summed E-state index contributed by atoms with van der Waals surface area (Å²) in [5.41, 5.74) is 5.42. The maximum atomic E-state index is 4.19. The van der Waals surface area contributed by atoms with Crippen LogP contribution in [0, 0.1) is 6.92 Å². The smallest absolute Gasteiger partial charge is 0.0345 e. The highest BCUT2D eigenvalue weighted by Gasteiger charge is 1.98. The highest BCUT2D eigenvalue weighted by molar-refractivity contribution is 5.83. The van der Waals surface area contributed by atoms with E-state index in [0.29, 0.717) is 0 Å². The third kappa shape index (κ3) is 3.21. The first-order chi connectivity index (χ1) is 7.00. The van der Waals surface area contributed by atoms with Crippen LogP contribution < -0.4 is 0 Å². The quantitative estimate of drug-likeness (QED) is 0.653. The maximum absolute atomic E-state index is 4.19. The summed E-state index contributed by atoms with van der Waals surface area (Å²) in [6.45, 7) is 13.6. The fourth-order valence-corrected chi connectivity index (χ4v) is 1.27. The van der Waals surface area contributed by atoms with E-state index in [-0.39, 0.29) is 0 Å². The summed E-state index contributed by atoms with van der Waals surface area (Å²) < 4.78 is 0. The van der Waals surface area contributed by atoms with E-state index >= 15 is 0 Å². The van der Waals surface area contributed by atoms with E-state index in [0.717, 1.165) is 16.8 Å². The SMILES string of the molecule is C=C(C)N=Cc1ccc(C(=C)C)cc1C. The van der Waals surface area contributed by atoms with Crippen molar-refractivity contribution in [1.29, 1.82) is 0 Å². The van der Waals surface area contributed by atoms with Crippen LogP contribution in [0.1, 0.15) is 30.5 Å². The molecule has 0 bridgehead atoms. The van der Waals surface area contributed by atoms with Gasteiger partial charge in [0.2, 0.25) is 0 Å². The highest BCUT2D eigenvalue weighted by atomic mass is 14.7. The zero-order valence-corrected chi connectivity index (χ0v) is 9.67. The molecule has 0 radical (unpaired) electrons. The molecule has 0 aliphatic carbocycles. The molecule has 0 N–H and O–H groups in total. The van der Waals surface area contributed by atoms with E-state index in [4.69, 9.17) is 0 Å². The number of rotatable bonds is 3. The van der Waals surface area contributed by atoms with Crippen molar-refractivity contribution in [1.82, 2.24) is 0 Å². The molecule has 0 saturated heterocycles. The van der Waals surface area contributed by atoms with Gasteiger partial charge >= 0.3 is 0 Å². The average Bonchev–Trinajstić information content (AvgIpc) is 2.15. The Bertz CT molecular complexity index is 425. The molecule has 1 heteroatoms. The lowest BCUT2D eigenvalue weighted by Gasteiger charge is -2.04. The van der Waals surface area contributed by atoms with Crippen LogP contribution in [-0.2, 0) is 0 Å². The molecule has 0 aliphatic rings. The minimum Gasteiger partial charge on any atom is -0.262 e.